The molecule has 0 unspecified atom stereocenters. The molecule has 166 valence electrons. The molecule has 0 heterocycles. The van der Waals surface area contributed by atoms with Crippen molar-refractivity contribution in [2.75, 3.05) is 0 Å². The first kappa shape index (κ1) is 25.8. The van der Waals surface area contributed by atoms with Crippen molar-refractivity contribution in [3.8, 4) is 0 Å². The lowest BCUT2D eigenvalue weighted by atomic mass is 9.90. The van der Waals surface area contributed by atoms with E-state index in [1.807, 2.05) is 19.9 Å². The predicted molar refractivity (Wildman–Crippen MR) is 119 cm³/mol. The molecular formula is C24H35NO5. The molecule has 0 saturated heterocycles. The molecule has 1 aliphatic rings. The Kier molecular flexibility index (Phi) is 10.7. The Bertz CT molecular complexity index is 758. The molecule has 4 N–H and O–H groups in total. The van der Waals surface area contributed by atoms with Gasteiger partial charge in [-0.15, -0.1) is 0 Å². The van der Waals surface area contributed by atoms with E-state index >= 15 is 0 Å². The summed E-state index contributed by atoms with van der Waals surface area (Å²) in [5, 5.41) is 32.6. The van der Waals surface area contributed by atoms with Crippen LogP contribution in [0.5, 0.6) is 0 Å². The van der Waals surface area contributed by atoms with Crippen molar-refractivity contribution in [3.63, 3.8) is 0 Å². The van der Waals surface area contributed by atoms with E-state index in [9.17, 15) is 24.9 Å². The number of allylic oxidation sites excluding steroid dienone is 5. The fraction of sp³-hybridized carbons (Fsp3) is 0.500. The summed E-state index contributed by atoms with van der Waals surface area (Å²) in [5.74, 6) is -1.30. The normalized spacial score (nSPS) is 35.5. The lowest BCUT2D eigenvalue weighted by Gasteiger charge is -2.23. The predicted octanol–water partition coefficient (Wildman–Crippen LogP) is 2.52. The first-order valence-electron chi connectivity index (χ1n) is 10.3. The number of rotatable bonds is 2. The van der Waals surface area contributed by atoms with E-state index in [0.29, 0.717) is 12.0 Å². The van der Waals surface area contributed by atoms with Gasteiger partial charge in [-0.25, -0.2) is 0 Å². The molecule has 0 saturated carbocycles. The molecule has 1 amide bonds. The molecule has 0 aromatic heterocycles. The summed E-state index contributed by atoms with van der Waals surface area (Å²) < 4.78 is 0. The SMILES string of the molecule is CC1=C\C[C@H](O)/C=C/C(C)=C/[C@@H](NC(=O)[C@H](C)O)[C@@H](C)C(=O)/C(C)=C/C[C@H](O)\C=C\1. The van der Waals surface area contributed by atoms with Crippen LogP contribution in [0.15, 0.2) is 59.3 Å². The van der Waals surface area contributed by atoms with Crippen LogP contribution in [0.1, 0.15) is 47.5 Å². The summed E-state index contributed by atoms with van der Waals surface area (Å²) in [4.78, 5) is 24.9. The number of aliphatic hydroxyl groups excluding tert-OH is 3. The quantitative estimate of drug-likeness (QED) is 0.552. The number of carbonyl (C=O) groups is 2. The standard InChI is InChI=1S/C24H35NO5/c1-15-6-10-20(27)12-8-16(2)14-22(25-24(30)19(5)26)18(4)23(29)17(3)9-13-21(28)11-7-15/h6-9,11-12,14,18-22,26-28H,10,13H2,1-5H3,(H,25,30)/b11-7+,12-8+,15-6+,16-14+,17-9+/t18-,19+,20+,21-,22-/m1/s1. The third kappa shape index (κ3) is 9.03. The molecule has 6 nitrogen and oxygen atoms in total. The maximum absolute atomic E-state index is 12.9. The Morgan fingerprint density at radius 2 is 1.57 bits per heavy atom. The number of ketones is 1. The Labute approximate surface area is 179 Å². The third-order valence-electron chi connectivity index (χ3n) is 4.98. The molecule has 6 heteroatoms. The first-order valence-corrected chi connectivity index (χ1v) is 10.3. The van der Waals surface area contributed by atoms with Gasteiger partial charge in [-0.1, -0.05) is 60.6 Å². The average molecular weight is 418 g/mol. The van der Waals surface area contributed by atoms with Crippen molar-refractivity contribution in [1.29, 1.82) is 0 Å². The van der Waals surface area contributed by atoms with Crippen LogP contribution < -0.4 is 5.32 Å². The van der Waals surface area contributed by atoms with E-state index in [1.165, 1.54) is 6.92 Å². The summed E-state index contributed by atoms with van der Waals surface area (Å²) in [5.41, 5.74) is 2.19. The fourth-order valence-electron chi connectivity index (χ4n) is 2.91. The maximum Gasteiger partial charge on any atom is 0.249 e. The van der Waals surface area contributed by atoms with Gasteiger partial charge in [-0.3, -0.25) is 9.59 Å². The number of hydrogen-bond donors (Lipinski definition) is 4. The van der Waals surface area contributed by atoms with E-state index in [0.717, 1.165) is 11.1 Å². The molecule has 30 heavy (non-hydrogen) atoms. The van der Waals surface area contributed by atoms with Crippen LogP contribution >= 0.6 is 0 Å². The highest BCUT2D eigenvalue weighted by atomic mass is 16.3. The van der Waals surface area contributed by atoms with Crippen molar-refractivity contribution in [3.05, 3.63) is 59.3 Å². The molecule has 0 fully saturated rings. The van der Waals surface area contributed by atoms with Gasteiger partial charge < -0.3 is 20.6 Å². The second-order valence-electron chi connectivity index (χ2n) is 7.93. The van der Waals surface area contributed by atoms with Gasteiger partial charge in [0.05, 0.1) is 18.2 Å². The number of amides is 1. The Hall–Kier alpha value is -2.28. The summed E-state index contributed by atoms with van der Waals surface area (Å²) in [6.07, 6.45) is 10.2. The summed E-state index contributed by atoms with van der Waals surface area (Å²) in [7, 11) is 0. The van der Waals surface area contributed by atoms with Crippen LogP contribution in [-0.4, -0.2) is 51.4 Å². The summed E-state index contributed by atoms with van der Waals surface area (Å²) in [6.45, 7) is 8.48. The Morgan fingerprint density at radius 3 is 2.13 bits per heavy atom. The number of hydrogen-bond acceptors (Lipinski definition) is 5. The second kappa shape index (κ2) is 12.4. The van der Waals surface area contributed by atoms with Gasteiger partial charge in [0.25, 0.3) is 0 Å². The molecule has 0 aromatic carbocycles. The molecule has 1 rings (SSSR count). The molecule has 0 spiro atoms. The van der Waals surface area contributed by atoms with E-state index in [4.69, 9.17) is 0 Å². The summed E-state index contributed by atoms with van der Waals surface area (Å²) >= 11 is 0. The van der Waals surface area contributed by atoms with E-state index in [1.54, 1.807) is 50.3 Å². The van der Waals surface area contributed by atoms with Gasteiger partial charge >= 0.3 is 0 Å². The van der Waals surface area contributed by atoms with Crippen molar-refractivity contribution in [1.82, 2.24) is 5.32 Å². The largest absolute Gasteiger partial charge is 0.389 e. The van der Waals surface area contributed by atoms with Crippen molar-refractivity contribution in [2.45, 2.75) is 71.8 Å². The van der Waals surface area contributed by atoms with Crippen LogP contribution in [0, 0.1) is 5.92 Å². The van der Waals surface area contributed by atoms with E-state index in [-0.39, 0.29) is 12.2 Å². The van der Waals surface area contributed by atoms with Crippen molar-refractivity contribution in [2.24, 2.45) is 5.92 Å². The molecule has 0 bridgehead atoms. The zero-order valence-corrected chi connectivity index (χ0v) is 18.5. The number of aliphatic hydroxyl groups is 3. The van der Waals surface area contributed by atoms with Crippen LogP contribution in [0.3, 0.4) is 0 Å². The highest BCUT2D eigenvalue weighted by molar-refractivity contribution is 5.97. The first-order chi connectivity index (χ1) is 14.0. The van der Waals surface area contributed by atoms with E-state index < -0.39 is 36.2 Å². The number of nitrogens with one attached hydrogen (secondary N) is 1. The Morgan fingerprint density at radius 1 is 1.03 bits per heavy atom. The van der Waals surface area contributed by atoms with Gasteiger partial charge in [-0.05, 0) is 46.1 Å². The zero-order valence-electron chi connectivity index (χ0n) is 18.5. The molecule has 0 aromatic rings. The van der Waals surface area contributed by atoms with Crippen LogP contribution in [0.4, 0.5) is 0 Å². The highest BCUT2D eigenvalue weighted by Gasteiger charge is 2.26. The minimum Gasteiger partial charge on any atom is -0.389 e. The van der Waals surface area contributed by atoms with Gasteiger partial charge in [0.15, 0.2) is 5.78 Å². The van der Waals surface area contributed by atoms with Crippen molar-refractivity contribution >= 4 is 11.7 Å². The van der Waals surface area contributed by atoms with E-state index in [2.05, 4.69) is 5.32 Å². The van der Waals surface area contributed by atoms with Crippen LogP contribution in [0.2, 0.25) is 0 Å². The molecule has 5 atom stereocenters. The minimum absolute atomic E-state index is 0.157. The fourth-order valence-corrected chi connectivity index (χ4v) is 2.91. The molecule has 1 aliphatic carbocycles. The van der Waals surface area contributed by atoms with Crippen LogP contribution in [0.25, 0.3) is 0 Å². The molecule has 0 aliphatic heterocycles. The lowest BCUT2D eigenvalue weighted by molar-refractivity contribution is -0.129. The number of Topliss-reactive ketones (excluding diaryl/α,β-unsaturated/α-hetero) is 1. The average Bonchev–Trinajstić information content (AvgIpc) is 2.70. The minimum atomic E-state index is -1.20. The topological polar surface area (TPSA) is 107 Å². The molecular weight excluding hydrogens is 382 g/mol. The smallest absolute Gasteiger partial charge is 0.249 e. The number of carbonyl (C=O) groups excluding carboxylic acids is 2. The van der Waals surface area contributed by atoms with Gasteiger partial charge in [0.2, 0.25) is 5.91 Å². The monoisotopic (exact) mass is 417 g/mol. The zero-order chi connectivity index (χ0) is 22.8. The second-order valence-corrected chi connectivity index (χ2v) is 7.93. The van der Waals surface area contributed by atoms with Crippen LogP contribution in [-0.2, 0) is 9.59 Å². The summed E-state index contributed by atoms with van der Waals surface area (Å²) in [6, 6.07) is -0.632. The molecule has 0 radical (unpaired) electrons. The highest BCUT2D eigenvalue weighted by Crippen LogP contribution is 2.16. The van der Waals surface area contributed by atoms with Crippen molar-refractivity contribution < 1.29 is 24.9 Å². The lowest BCUT2D eigenvalue weighted by Crippen LogP contribution is -2.45. The Balaban J connectivity index is 3.30. The van der Waals surface area contributed by atoms with Gasteiger partial charge in [0.1, 0.15) is 6.10 Å². The van der Waals surface area contributed by atoms with Gasteiger partial charge in [-0.2, -0.15) is 0 Å². The maximum atomic E-state index is 12.9. The third-order valence-corrected chi connectivity index (χ3v) is 4.98. The van der Waals surface area contributed by atoms with Gasteiger partial charge in [0, 0.05) is 5.92 Å².